The number of ether oxygens (including phenoxy) is 1. The van der Waals surface area contributed by atoms with Gasteiger partial charge in [0.15, 0.2) is 11.6 Å². The van der Waals surface area contributed by atoms with Crippen molar-refractivity contribution in [3.8, 4) is 5.75 Å². The minimum atomic E-state index is -0.904. The molecular formula is C15H16F2N2O. The van der Waals surface area contributed by atoms with Gasteiger partial charge in [0.05, 0.1) is 12.8 Å². The standard InChI is InChI=1S/C15H16F2N2O/c1-19(11-4-3-5-12(8-11)20-2)13-7-6-10(9-18)14(16)15(13)17/h3-8H,9,18H2,1-2H3. The van der Waals surface area contributed by atoms with E-state index in [-0.39, 0.29) is 17.8 Å². The van der Waals surface area contributed by atoms with E-state index in [9.17, 15) is 8.78 Å². The summed E-state index contributed by atoms with van der Waals surface area (Å²) in [5.41, 5.74) is 6.36. The summed E-state index contributed by atoms with van der Waals surface area (Å²) < 4.78 is 33.0. The third-order valence-electron chi connectivity index (χ3n) is 3.16. The SMILES string of the molecule is COc1cccc(N(C)c2ccc(CN)c(F)c2F)c1. The molecule has 5 heteroatoms. The largest absolute Gasteiger partial charge is 0.497 e. The Hall–Kier alpha value is -2.14. The van der Waals surface area contributed by atoms with Crippen LogP contribution in [0.1, 0.15) is 5.56 Å². The van der Waals surface area contributed by atoms with Crippen molar-refractivity contribution in [3.63, 3.8) is 0 Å². The van der Waals surface area contributed by atoms with Gasteiger partial charge in [-0.3, -0.25) is 0 Å². The van der Waals surface area contributed by atoms with Crippen molar-refractivity contribution in [1.29, 1.82) is 0 Å². The molecule has 0 fully saturated rings. The van der Waals surface area contributed by atoms with Crippen LogP contribution in [-0.4, -0.2) is 14.2 Å². The van der Waals surface area contributed by atoms with Gasteiger partial charge in [0.2, 0.25) is 0 Å². The van der Waals surface area contributed by atoms with Crippen molar-refractivity contribution >= 4 is 11.4 Å². The molecule has 0 amide bonds. The molecule has 0 spiro atoms. The minimum Gasteiger partial charge on any atom is -0.497 e. The van der Waals surface area contributed by atoms with Crippen molar-refractivity contribution in [1.82, 2.24) is 0 Å². The van der Waals surface area contributed by atoms with Crippen LogP contribution in [0.15, 0.2) is 36.4 Å². The molecule has 2 aromatic rings. The second kappa shape index (κ2) is 5.88. The second-order valence-corrected chi connectivity index (χ2v) is 4.34. The minimum absolute atomic E-state index is 0.0358. The fraction of sp³-hybridized carbons (Fsp3) is 0.200. The highest BCUT2D eigenvalue weighted by atomic mass is 19.2. The molecule has 0 aromatic heterocycles. The molecule has 106 valence electrons. The predicted molar refractivity (Wildman–Crippen MR) is 75.3 cm³/mol. The maximum Gasteiger partial charge on any atom is 0.182 e. The summed E-state index contributed by atoms with van der Waals surface area (Å²) in [5, 5.41) is 0. The maximum atomic E-state index is 14.1. The zero-order valence-electron chi connectivity index (χ0n) is 11.4. The van der Waals surface area contributed by atoms with Crippen LogP contribution in [0.3, 0.4) is 0 Å². The zero-order chi connectivity index (χ0) is 14.7. The molecule has 0 atom stereocenters. The molecule has 2 aromatic carbocycles. The number of nitrogens with zero attached hydrogens (tertiary/aromatic N) is 1. The lowest BCUT2D eigenvalue weighted by molar-refractivity contribution is 0.415. The van der Waals surface area contributed by atoms with E-state index < -0.39 is 11.6 Å². The van der Waals surface area contributed by atoms with Gasteiger partial charge in [0.25, 0.3) is 0 Å². The van der Waals surface area contributed by atoms with E-state index in [4.69, 9.17) is 10.5 Å². The number of rotatable bonds is 4. The topological polar surface area (TPSA) is 38.5 Å². The molecule has 0 heterocycles. The first-order valence-corrected chi connectivity index (χ1v) is 6.13. The number of hydrogen-bond donors (Lipinski definition) is 1. The number of benzene rings is 2. The molecule has 0 saturated carbocycles. The Kier molecular flexibility index (Phi) is 4.20. The zero-order valence-corrected chi connectivity index (χ0v) is 11.4. The summed E-state index contributed by atoms with van der Waals surface area (Å²) in [6, 6.07) is 10.1. The van der Waals surface area contributed by atoms with Gasteiger partial charge in [-0.05, 0) is 18.2 Å². The van der Waals surface area contributed by atoms with Crippen molar-refractivity contribution in [2.24, 2.45) is 5.73 Å². The third-order valence-corrected chi connectivity index (χ3v) is 3.16. The summed E-state index contributed by atoms with van der Waals surface area (Å²) in [5.74, 6) is -1.16. The highest BCUT2D eigenvalue weighted by Crippen LogP contribution is 2.30. The number of halogens is 2. The average Bonchev–Trinajstić information content (AvgIpc) is 2.49. The van der Waals surface area contributed by atoms with E-state index in [0.717, 1.165) is 0 Å². The number of nitrogens with two attached hydrogens (primary N) is 1. The smallest absolute Gasteiger partial charge is 0.182 e. The molecule has 2 N–H and O–H groups in total. The summed E-state index contributed by atoms with van der Waals surface area (Å²) in [7, 11) is 3.21. The van der Waals surface area contributed by atoms with Crippen LogP contribution in [0.4, 0.5) is 20.2 Å². The number of anilines is 2. The van der Waals surface area contributed by atoms with E-state index in [2.05, 4.69) is 0 Å². The van der Waals surface area contributed by atoms with E-state index in [0.29, 0.717) is 11.4 Å². The van der Waals surface area contributed by atoms with Gasteiger partial charge >= 0.3 is 0 Å². The van der Waals surface area contributed by atoms with Crippen LogP contribution in [0.25, 0.3) is 0 Å². The molecule has 0 unspecified atom stereocenters. The molecule has 0 aliphatic heterocycles. The summed E-state index contributed by atoms with van der Waals surface area (Å²) >= 11 is 0. The Bertz CT molecular complexity index is 617. The highest BCUT2D eigenvalue weighted by molar-refractivity contribution is 5.64. The fourth-order valence-electron chi connectivity index (χ4n) is 1.95. The highest BCUT2D eigenvalue weighted by Gasteiger charge is 2.16. The Labute approximate surface area is 116 Å². The van der Waals surface area contributed by atoms with Gasteiger partial charge in [-0.15, -0.1) is 0 Å². The predicted octanol–water partition coefficient (Wildman–Crippen LogP) is 3.20. The van der Waals surface area contributed by atoms with Gasteiger partial charge in [0.1, 0.15) is 5.75 Å². The first-order chi connectivity index (χ1) is 9.58. The first kappa shape index (κ1) is 14.3. The van der Waals surface area contributed by atoms with Crippen molar-refractivity contribution in [2.45, 2.75) is 6.54 Å². The quantitative estimate of drug-likeness (QED) is 0.933. The van der Waals surface area contributed by atoms with Crippen LogP contribution in [-0.2, 0) is 6.54 Å². The Morgan fingerprint density at radius 3 is 2.55 bits per heavy atom. The fourth-order valence-corrected chi connectivity index (χ4v) is 1.95. The normalized spacial score (nSPS) is 10.4. The Morgan fingerprint density at radius 2 is 1.90 bits per heavy atom. The van der Waals surface area contributed by atoms with Crippen LogP contribution in [0, 0.1) is 11.6 Å². The lowest BCUT2D eigenvalue weighted by atomic mass is 10.1. The van der Waals surface area contributed by atoms with E-state index in [1.165, 1.54) is 12.1 Å². The summed E-state index contributed by atoms with van der Waals surface area (Å²) in [6.07, 6.45) is 0. The van der Waals surface area contributed by atoms with Crippen LogP contribution >= 0.6 is 0 Å². The molecule has 20 heavy (non-hydrogen) atoms. The molecule has 0 saturated heterocycles. The monoisotopic (exact) mass is 278 g/mol. The molecule has 0 aliphatic carbocycles. The van der Waals surface area contributed by atoms with Crippen molar-refractivity contribution < 1.29 is 13.5 Å². The molecule has 2 rings (SSSR count). The van der Waals surface area contributed by atoms with E-state index in [1.54, 1.807) is 43.3 Å². The van der Waals surface area contributed by atoms with Crippen LogP contribution in [0.2, 0.25) is 0 Å². The van der Waals surface area contributed by atoms with Crippen molar-refractivity contribution in [2.75, 3.05) is 19.1 Å². The molecule has 0 bridgehead atoms. The molecule has 0 aliphatic rings. The van der Waals surface area contributed by atoms with Gasteiger partial charge in [0, 0.05) is 30.9 Å². The second-order valence-electron chi connectivity index (χ2n) is 4.34. The molecule has 3 nitrogen and oxygen atoms in total. The van der Waals surface area contributed by atoms with E-state index in [1.807, 2.05) is 0 Å². The third kappa shape index (κ3) is 2.58. The Balaban J connectivity index is 2.42. The van der Waals surface area contributed by atoms with Crippen LogP contribution < -0.4 is 15.4 Å². The van der Waals surface area contributed by atoms with Gasteiger partial charge in [-0.25, -0.2) is 8.78 Å². The molecular weight excluding hydrogens is 262 g/mol. The summed E-state index contributed by atoms with van der Waals surface area (Å²) in [6.45, 7) is -0.0358. The van der Waals surface area contributed by atoms with Gasteiger partial charge in [-0.2, -0.15) is 0 Å². The lowest BCUT2D eigenvalue weighted by Crippen LogP contribution is -2.13. The Morgan fingerprint density at radius 1 is 1.15 bits per heavy atom. The van der Waals surface area contributed by atoms with E-state index >= 15 is 0 Å². The lowest BCUT2D eigenvalue weighted by Gasteiger charge is -2.21. The van der Waals surface area contributed by atoms with Gasteiger partial charge < -0.3 is 15.4 Å². The van der Waals surface area contributed by atoms with Crippen LogP contribution in [0.5, 0.6) is 5.75 Å². The average molecular weight is 278 g/mol. The number of hydrogen-bond acceptors (Lipinski definition) is 3. The van der Waals surface area contributed by atoms with Gasteiger partial charge in [-0.1, -0.05) is 12.1 Å². The first-order valence-electron chi connectivity index (χ1n) is 6.13. The summed E-state index contributed by atoms with van der Waals surface area (Å²) in [4.78, 5) is 1.56. The molecule has 0 radical (unpaired) electrons. The van der Waals surface area contributed by atoms with Crippen molar-refractivity contribution in [3.05, 3.63) is 53.6 Å². The number of methoxy groups -OCH3 is 1. The maximum absolute atomic E-state index is 14.1.